The van der Waals surface area contributed by atoms with Crippen LogP contribution in [0, 0.1) is 0 Å². The number of rotatable bonds is 9. The normalized spacial score (nSPS) is 11.4. The fraction of sp³-hybridized carbons (Fsp3) is 0.154. The van der Waals surface area contributed by atoms with Crippen molar-refractivity contribution in [2.45, 2.75) is 25.6 Å². The lowest BCUT2D eigenvalue weighted by Gasteiger charge is -2.18. The zero-order valence-corrected chi connectivity index (χ0v) is 18.5. The molecule has 1 atom stereocenters. The topological polar surface area (TPSA) is 98.1 Å². The van der Waals surface area contributed by atoms with Gasteiger partial charge in [0.2, 0.25) is 5.91 Å². The van der Waals surface area contributed by atoms with Gasteiger partial charge in [-0.05, 0) is 23.3 Å². The zero-order chi connectivity index (χ0) is 23.6. The van der Waals surface area contributed by atoms with Crippen LogP contribution in [-0.4, -0.2) is 32.8 Å². The Morgan fingerprint density at radius 2 is 1.59 bits per heavy atom. The second kappa shape index (κ2) is 11.4. The maximum absolute atomic E-state index is 13.1. The highest BCUT2D eigenvalue weighted by atomic mass is 16.5. The van der Waals surface area contributed by atoms with Gasteiger partial charge in [0.1, 0.15) is 12.6 Å². The van der Waals surface area contributed by atoms with Crippen LogP contribution in [0.4, 0.5) is 10.6 Å². The van der Waals surface area contributed by atoms with Crippen LogP contribution in [0.25, 0.3) is 0 Å². The number of amides is 2. The van der Waals surface area contributed by atoms with Gasteiger partial charge < -0.3 is 15.4 Å². The molecule has 2 heterocycles. The highest BCUT2D eigenvalue weighted by molar-refractivity contribution is 5.96. The van der Waals surface area contributed by atoms with Gasteiger partial charge in [-0.25, -0.2) is 4.79 Å². The van der Waals surface area contributed by atoms with E-state index in [9.17, 15) is 9.59 Å². The van der Waals surface area contributed by atoms with Gasteiger partial charge in [0.05, 0.1) is 12.2 Å². The summed E-state index contributed by atoms with van der Waals surface area (Å²) in [5, 5.41) is 9.86. The predicted molar refractivity (Wildman–Crippen MR) is 128 cm³/mol. The van der Waals surface area contributed by atoms with E-state index in [1.165, 1.54) is 0 Å². The fourth-order valence-corrected chi connectivity index (χ4v) is 3.35. The summed E-state index contributed by atoms with van der Waals surface area (Å²) in [6.45, 7) is 0.596. The van der Waals surface area contributed by atoms with Crippen molar-refractivity contribution in [2.75, 3.05) is 5.32 Å². The number of benzene rings is 2. The Kier molecular flexibility index (Phi) is 7.63. The van der Waals surface area contributed by atoms with Gasteiger partial charge in [-0.2, -0.15) is 5.10 Å². The average Bonchev–Trinajstić information content (AvgIpc) is 3.30. The molecular formula is C26H25N5O3. The van der Waals surface area contributed by atoms with Gasteiger partial charge in [-0.3, -0.25) is 14.5 Å². The largest absolute Gasteiger partial charge is 0.445 e. The predicted octanol–water partition coefficient (Wildman–Crippen LogP) is 3.80. The molecule has 0 aliphatic carbocycles. The Bertz CT molecular complexity index is 1200. The maximum Gasteiger partial charge on any atom is 0.408 e. The van der Waals surface area contributed by atoms with Crippen LogP contribution in [-0.2, 0) is 29.1 Å². The summed E-state index contributed by atoms with van der Waals surface area (Å²) >= 11 is 0. The van der Waals surface area contributed by atoms with Gasteiger partial charge in [-0.1, -0.05) is 66.7 Å². The minimum Gasteiger partial charge on any atom is -0.445 e. The van der Waals surface area contributed by atoms with Crippen molar-refractivity contribution in [3.63, 3.8) is 0 Å². The first-order chi connectivity index (χ1) is 16.7. The number of hydrogen-bond acceptors (Lipinski definition) is 5. The van der Waals surface area contributed by atoms with Crippen molar-refractivity contribution in [1.82, 2.24) is 20.1 Å². The van der Waals surface area contributed by atoms with E-state index in [-0.39, 0.29) is 12.5 Å². The fourth-order valence-electron chi connectivity index (χ4n) is 3.35. The van der Waals surface area contributed by atoms with Gasteiger partial charge in [0, 0.05) is 24.9 Å². The number of nitrogens with one attached hydrogen (secondary N) is 2. The van der Waals surface area contributed by atoms with Crippen LogP contribution in [0.1, 0.15) is 16.8 Å². The summed E-state index contributed by atoms with van der Waals surface area (Å²) in [7, 11) is 0. The Morgan fingerprint density at radius 3 is 2.29 bits per heavy atom. The third kappa shape index (κ3) is 6.77. The number of anilines is 1. The first-order valence-electron chi connectivity index (χ1n) is 10.9. The third-order valence-electron chi connectivity index (χ3n) is 5.05. The summed E-state index contributed by atoms with van der Waals surface area (Å²) in [5.41, 5.74) is 2.63. The molecule has 0 aliphatic rings. The first kappa shape index (κ1) is 22.7. The minimum atomic E-state index is -0.841. The molecule has 1 unspecified atom stereocenters. The molecule has 0 aliphatic heterocycles. The Balaban J connectivity index is 1.39. The molecule has 2 amide bonds. The van der Waals surface area contributed by atoms with Crippen LogP contribution in [0.5, 0.6) is 0 Å². The van der Waals surface area contributed by atoms with Crippen molar-refractivity contribution in [2.24, 2.45) is 0 Å². The van der Waals surface area contributed by atoms with E-state index in [4.69, 9.17) is 4.74 Å². The average molecular weight is 456 g/mol. The number of carbonyl (C=O) groups is 2. The number of alkyl carbamates (subject to hydrolysis) is 1. The number of nitrogens with zero attached hydrogens (tertiary/aromatic N) is 3. The van der Waals surface area contributed by atoms with Gasteiger partial charge in [0.25, 0.3) is 0 Å². The standard InChI is InChI=1S/C26H25N5O3/c32-25(29-24-14-16-31(30-24)18-22-13-7-8-15-27-22)23(17-20-9-3-1-4-10-20)28-26(33)34-19-21-11-5-2-6-12-21/h1-16,23H,17-19H2,(H,28,33)(H,29,30,32). The second-order valence-electron chi connectivity index (χ2n) is 7.66. The minimum absolute atomic E-state index is 0.115. The molecule has 2 aromatic heterocycles. The summed E-state index contributed by atoms with van der Waals surface area (Å²) in [6, 6.07) is 25.4. The van der Waals surface area contributed by atoms with Gasteiger partial charge >= 0.3 is 6.09 Å². The van der Waals surface area contributed by atoms with Crippen LogP contribution in [0.3, 0.4) is 0 Å². The molecule has 2 N–H and O–H groups in total. The summed E-state index contributed by atoms with van der Waals surface area (Å²) in [6.07, 6.45) is 3.12. The number of hydrogen-bond donors (Lipinski definition) is 2. The van der Waals surface area contributed by atoms with Crippen molar-refractivity contribution in [3.8, 4) is 0 Å². The number of ether oxygens (including phenoxy) is 1. The molecular weight excluding hydrogens is 430 g/mol. The van der Waals surface area contributed by atoms with Crippen molar-refractivity contribution in [1.29, 1.82) is 0 Å². The third-order valence-corrected chi connectivity index (χ3v) is 5.05. The molecule has 0 bridgehead atoms. The monoisotopic (exact) mass is 455 g/mol. The quantitative estimate of drug-likeness (QED) is 0.400. The highest BCUT2D eigenvalue weighted by Gasteiger charge is 2.23. The SMILES string of the molecule is O=C(NC(Cc1ccccc1)C(=O)Nc1ccn(Cc2ccccn2)n1)OCc1ccccc1. The zero-order valence-electron chi connectivity index (χ0n) is 18.5. The molecule has 0 radical (unpaired) electrons. The summed E-state index contributed by atoms with van der Waals surface area (Å²) in [5.74, 6) is 0.00189. The molecule has 172 valence electrons. The summed E-state index contributed by atoms with van der Waals surface area (Å²) < 4.78 is 7.00. The van der Waals surface area contributed by atoms with E-state index in [2.05, 4.69) is 20.7 Å². The molecule has 8 nitrogen and oxygen atoms in total. The Labute approximate surface area is 197 Å². The van der Waals surface area contributed by atoms with Crippen molar-refractivity contribution < 1.29 is 14.3 Å². The van der Waals surface area contributed by atoms with Gasteiger partial charge in [-0.15, -0.1) is 0 Å². The first-order valence-corrected chi connectivity index (χ1v) is 10.9. The van der Waals surface area contributed by atoms with E-state index in [1.807, 2.05) is 78.9 Å². The molecule has 0 fully saturated rings. The number of carbonyl (C=O) groups excluding carboxylic acids is 2. The van der Waals surface area contributed by atoms with Crippen molar-refractivity contribution in [3.05, 3.63) is 114 Å². The van der Waals surface area contributed by atoms with E-state index >= 15 is 0 Å². The lowest BCUT2D eigenvalue weighted by molar-refractivity contribution is -0.118. The highest BCUT2D eigenvalue weighted by Crippen LogP contribution is 2.09. The van der Waals surface area contributed by atoms with E-state index in [0.29, 0.717) is 18.8 Å². The molecule has 34 heavy (non-hydrogen) atoms. The molecule has 8 heteroatoms. The van der Waals surface area contributed by atoms with E-state index < -0.39 is 12.1 Å². The Hall–Kier alpha value is -4.46. The van der Waals surface area contributed by atoms with Crippen molar-refractivity contribution >= 4 is 17.8 Å². The maximum atomic E-state index is 13.1. The van der Waals surface area contributed by atoms with Gasteiger partial charge in [0.15, 0.2) is 5.82 Å². The second-order valence-corrected chi connectivity index (χ2v) is 7.66. The molecule has 0 saturated heterocycles. The van der Waals surface area contributed by atoms with E-state index in [0.717, 1.165) is 16.8 Å². The van der Waals surface area contributed by atoms with Crippen LogP contribution < -0.4 is 10.6 Å². The number of pyridine rings is 1. The van der Waals surface area contributed by atoms with E-state index in [1.54, 1.807) is 23.1 Å². The molecule has 0 saturated carbocycles. The molecule has 0 spiro atoms. The van der Waals surface area contributed by atoms with Crippen LogP contribution in [0.15, 0.2) is 97.3 Å². The lowest BCUT2D eigenvalue weighted by atomic mass is 10.1. The Morgan fingerprint density at radius 1 is 0.882 bits per heavy atom. The lowest BCUT2D eigenvalue weighted by Crippen LogP contribution is -2.45. The number of aromatic nitrogens is 3. The summed E-state index contributed by atoms with van der Waals surface area (Å²) in [4.78, 5) is 29.8. The smallest absolute Gasteiger partial charge is 0.408 e. The molecule has 4 rings (SSSR count). The van der Waals surface area contributed by atoms with Crippen LogP contribution in [0.2, 0.25) is 0 Å². The molecule has 4 aromatic rings. The molecule has 2 aromatic carbocycles. The van der Waals surface area contributed by atoms with Crippen LogP contribution >= 0.6 is 0 Å².